The highest BCUT2D eigenvalue weighted by Gasteiger charge is 2.18. The number of hydrogen-bond acceptors (Lipinski definition) is 0. The van der Waals surface area contributed by atoms with Crippen LogP contribution >= 0.6 is 0 Å². The minimum Gasteiger partial charge on any atom is -0.0622 e. The van der Waals surface area contributed by atoms with Crippen LogP contribution in [0.2, 0.25) is 0 Å². The lowest BCUT2D eigenvalue weighted by Gasteiger charge is -2.19. The molecule has 38 heavy (non-hydrogen) atoms. The van der Waals surface area contributed by atoms with Gasteiger partial charge in [0.15, 0.2) is 0 Å². The molecule has 0 radical (unpaired) electrons. The Balaban J connectivity index is 1.40. The molecule has 9 aromatic rings. The summed E-state index contributed by atoms with van der Waals surface area (Å²) >= 11 is 0. The lowest BCUT2D eigenvalue weighted by atomic mass is 9.84. The summed E-state index contributed by atoms with van der Waals surface area (Å²) in [5.41, 5.74) is 5.06. The third kappa shape index (κ3) is 2.64. The van der Waals surface area contributed by atoms with Gasteiger partial charge in [-0.1, -0.05) is 109 Å². The smallest absolute Gasteiger partial charge is 0.00143 e. The molecule has 9 aromatic carbocycles. The molecule has 0 atom stereocenters. The lowest BCUT2D eigenvalue weighted by Crippen LogP contribution is -1.91. The SMILES string of the molecule is c1ccc(-c2cc3ccc4c5ccc6cc(-c7ccccc7)cc7ccc(c8ccc(c2)c3c48)c5c67)cc1. The summed E-state index contributed by atoms with van der Waals surface area (Å²) in [5.74, 6) is 0. The largest absolute Gasteiger partial charge is 0.0622 e. The van der Waals surface area contributed by atoms with E-state index in [4.69, 9.17) is 0 Å². The molecule has 0 N–H and O–H groups in total. The van der Waals surface area contributed by atoms with Crippen molar-refractivity contribution < 1.29 is 0 Å². The second-order valence-corrected chi connectivity index (χ2v) is 10.5. The number of fused-ring (bicyclic) bond motifs is 2. The van der Waals surface area contributed by atoms with Gasteiger partial charge in [-0.3, -0.25) is 0 Å². The molecule has 0 heterocycles. The van der Waals surface area contributed by atoms with E-state index in [1.807, 2.05) is 0 Å². The highest BCUT2D eigenvalue weighted by Crippen LogP contribution is 2.46. The zero-order valence-electron chi connectivity index (χ0n) is 20.7. The van der Waals surface area contributed by atoms with E-state index in [2.05, 4.69) is 133 Å². The van der Waals surface area contributed by atoms with Crippen LogP contribution in [0.3, 0.4) is 0 Å². The van der Waals surface area contributed by atoms with Gasteiger partial charge in [-0.05, 0) is 111 Å². The zero-order chi connectivity index (χ0) is 24.8. The average Bonchev–Trinajstić information content (AvgIpc) is 2.99. The third-order valence-corrected chi connectivity index (χ3v) is 8.49. The first-order valence-corrected chi connectivity index (χ1v) is 13.3. The molecule has 9 rings (SSSR count). The van der Waals surface area contributed by atoms with Crippen molar-refractivity contribution in [3.63, 3.8) is 0 Å². The molecule has 0 bridgehead atoms. The van der Waals surface area contributed by atoms with Gasteiger partial charge >= 0.3 is 0 Å². The molecular formula is C38H22. The first kappa shape index (κ1) is 20.2. The first-order chi connectivity index (χ1) is 18.8. The van der Waals surface area contributed by atoms with E-state index in [1.54, 1.807) is 0 Å². The number of rotatable bonds is 2. The Morgan fingerprint density at radius 2 is 0.553 bits per heavy atom. The van der Waals surface area contributed by atoms with Gasteiger partial charge < -0.3 is 0 Å². The van der Waals surface area contributed by atoms with Crippen molar-refractivity contribution in [3.8, 4) is 22.3 Å². The summed E-state index contributed by atoms with van der Waals surface area (Å²) in [5, 5.41) is 16.1. The van der Waals surface area contributed by atoms with Crippen molar-refractivity contribution in [2.24, 2.45) is 0 Å². The second-order valence-electron chi connectivity index (χ2n) is 10.5. The molecule has 174 valence electrons. The van der Waals surface area contributed by atoms with Gasteiger partial charge in [0.2, 0.25) is 0 Å². The van der Waals surface area contributed by atoms with Gasteiger partial charge in [0.25, 0.3) is 0 Å². The van der Waals surface area contributed by atoms with Crippen molar-refractivity contribution in [1.82, 2.24) is 0 Å². The molecule has 0 aliphatic heterocycles. The van der Waals surface area contributed by atoms with Crippen LogP contribution in [-0.2, 0) is 0 Å². The summed E-state index contributed by atoms with van der Waals surface area (Å²) in [4.78, 5) is 0. The van der Waals surface area contributed by atoms with Crippen LogP contribution in [0.5, 0.6) is 0 Å². The Hall–Kier alpha value is -4.94. The third-order valence-electron chi connectivity index (χ3n) is 8.49. The fraction of sp³-hybridized carbons (Fsp3) is 0. The Kier molecular flexibility index (Phi) is 3.88. The topological polar surface area (TPSA) is 0 Å². The minimum absolute atomic E-state index is 1.26. The molecule has 0 aliphatic rings. The fourth-order valence-electron chi connectivity index (χ4n) is 6.83. The monoisotopic (exact) mass is 478 g/mol. The molecule has 0 aliphatic carbocycles. The molecule has 0 spiro atoms. The highest BCUT2D eigenvalue weighted by molar-refractivity contribution is 6.39. The zero-order valence-corrected chi connectivity index (χ0v) is 20.7. The van der Waals surface area contributed by atoms with Crippen LogP contribution in [0.15, 0.2) is 133 Å². The van der Waals surface area contributed by atoms with Crippen molar-refractivity contribution >= 4 is 64.6 Å². The normalized spacial score (nSPS) is 12.2. The van der Waals surface area contributed by atoms with Crippen LogP contribution in [0.25, 0.3) is 86.9 Å². The van der Waals surface area contributed by atoms with E-state index in [1.165, 1.54) is 86.9 Å². The van der Waals surface area contributed by atoms with Crippen LogP contribution < -0.4 is 0 Å². The van der Waals surface area contributed by atoms with E-state index in [9.17, 15) is 0 Å². The van der Waals surface area contributed by atoms with E-state index in [0.717, 1.165) is 0 Å². The Morgan fingerprint density at radius 3 is 0.868 bits per heavy atom. The van der Waals surface area contributed by atoms with Crippen LogP contribution in [0.4, 0.5) is 0 Å². The van der Waals surface area contributed by atoms with Gasteiger partial charge in [0, 0.05) is 0 Å². The maximum atomic E-state index is 2.35. The number of benzene rings is 9. The van der Waals surface area contributed by atoms with E-state index in [0.29, 0.717) is 0 Å². The Bertz CT molecular complexity index is 2020. The summed E-state index contributed by atoms with van der Waals surface area (Å²) in [6, 6.07) is 49.5. The molecule has 0 unspecified atom stereocenters. The molecular weight excluding hydrogens is 456 g/mol. The van der Waals surface area contributed by atoms with Crippen LogP contribution in [0.1, 0.15) is 0 Å². The van der Waals surface area contributed by atoms with Gasteiger partial charge in [0.05, 0.1) is 0 Å². The quantitative estimate of drug-likeness (QED) is 0.171. The molecule has 0 amide bonds. The molecule has 0 aromatic heterocycles. The standard InChI is InChI=1S/C38H22/c1-3-7-23(8-4-1)29-19-25-11-15-31-33-17-13-27-21-30(24-9-5-2-6-10-24)22-28-14-18-34(38(33)36(27)28)32-16-12-26(20-29)35(25)37(31)32/h1-22H. The summed E-state index contributed by atoms with van der Waals surface area (Å²) < 4.78 is 0. The van der Waals surface area contributed by atoms with Gasteiger partial charge in [-0.25, -0.2) is 0 Å². The minimum atomic E-state index is 1.26. The summed E-state index contributed by atoms with van der Waals surface area (Å²) in [7, 11) is 0. The maximum absolute atomic E-state index is 2.35. The molecule has 0 heteroatoms. The van der Waals surface area contributed by atoms with E-state index in [-0.39, 0.29) is 0 Å². The molecule has 0 saturated heterocycles. The van der Waals surface area contributed by atoms with E-state index < -0.39 is 0 Å². The predicted octanol–water partition coefficient (Wildman–Crippen LogP) is 10.8. The van der Waals surface area contributed by atoms with Crippen molar-refractivity contribution in [1.29, 1.82) is 0 Å². The predicted molar refractivity (Wildman–Crippen MR) is 165 cm³/mol. The lowest BCUT2D eigenvalue weighted by molar-refractivity contribution is 1.66. The van der Waals surface area contributed by atoms with Gasteiger partial charge in [-0.15, -0.1) is 0 Å². The highest BCUT2D eigenvalue weighted by atomic mass is 14.2. The van der Waals surface area contributed by atoms with Gasteiger partial charge in [-0.2, -0.15) is 0 Å². The Morgan fingerprint density at radius 1 is 0.237 bits per heavy atom. The molecule has 0 fully saturated rings. The first-order valence-electron chi connectivity index (χ1n) is 13.3. The average molecular weight is 479 g/mol. The summed E-state index contributed by atoms with van der Waals surface area (Å²) in [6.45, 7) is 0. The second kappa shape index (κ2) is 7.31. The molecule has 0 saturated carbocycles. The maximum Gasteiger partial charge on any atom is -0.00143 e. The summed E-state index contributed by atoms with van der Waals surface area (Å²) in [6.07, 6.45) is 0. The van der Waals surface area contributed by atoms with Gasteiger partial charge in [0.1, 0.15) is 0 Å². The fourth-order valence-corrected chi connectivity index (χ4v) is 6.83. The Labute approximate surface area is 220 Å². The van der Waals surface area contributed by atoms with Crippen molar-refractivity contribution in [2.75, 3.05) is 0 Å². The van der Waals surface area contributed by atoms with Crippen LogP contribution in [-0.4, -0.2) is 0 Å². The van der Waals surface area contributed by atoms with E-state index >= 15 is 0 Å². The number of hydrogen-bond donors (Lipinski definition) is 0. The van der Waals surface area contributed by atoms with Crippen molar-refractivity contribution in [2.45, 2.75) is 0 Å². The molecule has 0 nitrogen and oxygen atoms in total. The van der Waals surface area contributed by atoms with Crippen LogP contribution in [0, 0.1) is 0 Å². The van der Waals surface area contributed by atoms with Crippen molar-refractivity contribution in [3.05, 3.63) is 133 Å².